The smallest absolute Gasteiger partial charge is 0.263 e. The van der Waals surface area contributed by atoms with E-state index in [0.717, 1.165) is 25.7 Å². The average Bonchev–Trinajstić information content (AvgIpc) is 2.95. The molecular weight excluding hydrogens is 364 g/mol. The van der Waals surface area contributed by atoms with Crippen LogP contribution in [0.2, 0.25) is 0 Å². The molecule has 1 aromatic rings. The first-order valence-electron chi connectivity index (χ1n) is 9.62. The summed E-state index contributed by atoms with van der Waals surface area (Å²) in [6, 6.07) is 6.65. The molecule has 2 heterocycles. The monoisotopic (exact) mass is 392 g/mol. The second-order valence-electron chi connectivity index (χ2n) is 7.13. The summed E-state index contributed by atoms with van der Waals surface area (Å²) in [5.41, 5.74) is 0.542. The number of carbonyl (C=O) groups is 1. The Bertz CT molecular complexity index is 814. The van der Waals surface area contributed by atoms with Crippen LogP contribution in [0.5, 0.6) is 0 Å². The minimum Gasteiger partial charge on any atom is -0.341 e. The van der Waals surface area contributed by atoms with Gasteiger partial charge >= 0.3 is 0 Å². The number of hydrogen-bond acceptors (Lipinski definition) is 5. The van der Waals surface area contributed by atoms with Crippen molar-refractivity contribution in [3.63, 3.8) is 0 Å². The molecule has 0 radical (unpaired) electrons. The van der Waals surface area contributed by atoms with E-state index in [1.165, 1.54) is 0 Å². The molecule has 0 aliphatic carbocycles. The number of unbranched alkanes of at least 4 members (excludes halogenated alkanes) is 1. The number of benzene rings is 1. The summed E-state index contributed by atoms with van der Waals surface area (Å²) >= 11 is 0. The Kier molecular flexibility index (Phi) is 6.16. The number of fused-ring (bicyclic) bond motifs is 1. The fourth-order valence-corrected chi connectivity index (χ4v) is 4.86. The molecule has 0 saturated carbocycles. The number of hydrogen-bond donors (Lipinski definition) is 2. The van der Waals surface area contributed by atoms with Crippen LogP contribution in [-0.2, 0) is 14.8 Å². The highest BCUT2D eigenvalue weighted by Crippen LogP contribution is 2.24. The Morgan fingerprint density at radius 3 is 2.70 bits per heavy atom. The van der Waals surface area contributed by atoms with Gasteiger partial charge in [0.15, 0.2) is 0 Å². The molecule has 0 bridgehead atoms. The van der Waals surface area contributed by atoms with Crippen LogP contribution in [0.3, 0.4) is 0 Å². The SMILES string of the molecule is CCCCC(N=C1NS(=O)(=O)c2ccccc21)C(=O)N1CCC(NC)CC1. The summed E-state index contributed by atoms with van der Waals surface area (Å²) in [5, 5.41) is 3.26. The van der Waals surface area contributed by atoms with Crippen molar-refractivity contribution in [1.82, 2.24) is 14.9 Å². The van der Waals surface area contributed by atoms with Crippen molar-refractivity contribution in [1.29, 1.82) is 0 Å². The van der Waals surface area contributed by atoms with Crippen molar-refractivity contribution in [2.45, 2.75) is 56.0 Å². The fourth-order valence-electron chi connectivity index (χ4n) is 3.63. The van der Waals surface area contributed by atoms with Crippen molar-refractivity contribution in [2.75, 3.05) is 20.1 Å². The molecule has 8 heteroatoms. The van der Waals surface area contributed by atoms with E-state index in [1.807, 2.05) is 11.9 Å². The zero-order valence-corrected chi connectivity index (χ0v) is 16.8. The van der Waals surface area contributed by atoms with Gasteiger partial charge in [0.25, 0.3) is 10.0 Å². The molecule has 2 N–H and O–H groups in total. The maximum atomic E-state index is 13.1. The molecular formula is C19H28N4O3S. The van der Waals surface area contributed by atoms with Crippen molar-refractivity contribution < 1.29 is 13.2 Å². The van der Waals surface area contributed by atoms with Crippen LogP contribution in [0, 0.1) is 0 Å². The van der Waals surface area contributed by atoms with Crippen LogP contribution in [0.25, 0.3) is 0 Å². The second kappa shape index (κ2) is 8.39. The third kappa shape index (κ3) is 4.32. The van der Waals surface area contributed by atoms with Gasteiger partial charge in [0.05, 0.1) is 4.90 Å². The lowest BCUT2D eigenvalue weighted by Gasteiger charge is -2.33. The molecule has 1 atom stereocenters. The van der Waals surface area contributed by atoms with Crippen LogP contribution >= 0.6 is 0 Å². The first kappa shape index (κ1) is 19.8. The first-order chi connectivity index (χ1) is 13.0. The average molecular weight is 393 g/mol. The maximum absolute atomic E-state index is 13.1. The highest BCUT2D eigenvalue weighted by molar-refractivity contribution is 7.90. The van der Waals surface area contributed by atoms with Crippen LogP contribution in [-0.4, -0.2) is 57.3 Å². The number of nitrogens with one attached hydrogen (secondary N) is 2. The standard InChI is InChI=1S/C19H28N4O3S/c1-3-4-8-16(19(24)23-12-10-14(20-2)11-13-23)21-18-15-7-5-6-9-17(15)27(25,26)22-18/h5-7,9,14,16,20H,3-4,8,10-13H2,1-2H3,(H,21,22). The molecule has 3 rings (SSSR count). The van der Waals surface area contributed by atoms with E-state index in [1.54, 1.807) is 24.3 Å². The van der Waals surface area contributed by atoms with Gasteiger partial charge in [0, 0.05) is 24.7 Å². The molecule has 7 nitrogen and oxygen atoms in total. The summed E-state index contributed by atoms with van der Waals surface area (Å²) in [6.07, 6.45) is 4.30. The van der Waals surface area contributed by atoms with Crippen LogP contribution < -0.4 is 10.0 Å². The van der Waals surface area contributed by atoms with E-state index < -0.39 is 16.1 Å². The van der Waals surface area contributed by atoms with Gasteiger partial charge in [-0.15, -0.1) is 0 Å². The summed E-state index contributed by atoms with van der Waals surface area (Å²) < 4.78 is 27.1. The predicted octanol–water partition coefficient (Wildman–Crippen LogP) is 1.49. The summed E-state index contributed by atoms with van der Waals surface area (Å²) in [5.74, 6) is 0.277. The third-order valence-corrected chi connectivity index (χ3v) is 6.68. The molecule has 148 valence electrons. The number of amides is 1. The largest absolute Gasteiger partial charge is 0.341 e. The molecule has 1 fully saturated rings. The molecule has 1 saturated heterocycles. The van der Waals surface area contributed by atoms with E-state index in [2.05, 4.69) is 22.0 Å². The minimum absolute atomic E-state index is 0.00548. The topological polar surface area (TPSA) is 90.9 Å². The molecule has 1 amide bonds. The summed E-state index contributed by atoms with van der Waals surface area (Å²) in [4.78, 5) is 19.8. The Balaban J connectivity index is 1.84. The number of rotatable bonds is 6. The quantitative estimate of drug-likeness (QED) is 0.767. The first-order valence-corrected chi connectivity index (χ1v) is 11.1. The van der Waals surface area contributed by atoms with E-state index in [0.29, 0.717) is 31.1 Å². The lowest BCUT2D eigenvalue weighted by molar-refractivity contribution is -0.133. The number of sulfonamides is 1. The lowest BCUT2D eigenvalue weighted by atomic mass is 10.0. The van der Waals surface area contributed by atoms with Crippen molar-refractivity contribution >= 4 is 21.8 Å². The summed E-state index contributed by atoms with van der Waals surface area (Å²) in [7, 11) is -1.65. The predicted molar refractivity (Wildman–Crippen MR) is 105 cm³/mol. The number of likely N-dealkylation sites (tertiary alicyclic amines) is 1. The van der Waals surface area contributed by atoms with Crippen molar-refractivity contribution in [3.8, 4) is 0 Å². The van der Waals surface area contributed by atoms with Gasteiger partial charge in [-0.1, -0.05) is 31.9 Å². The lowest BCUT2D eigenvalue weighted by Crippen LogP contribution is -2.47. The molecule has 0 spiro atoms. The number of piperidine rings is 1. The van der Waals surface area contributed by atoms with Crippen LogP contribution in [0.1, 0.15) is 44.6 Å². The van der Waals surface area contributed by atoms with Gasteiger partial charge in [-0.2, -0.15) is 0 Å². The van der Waals surface area contributed by atoms with Crippen LogP contribution in [0.4, 0.5) is 0 Å². The zero-order valence-electron chi connectivity index (χ0n) is 15.9. The Morgan fingerprint density at radius 1 is 1.33 bits per heavy atom. The highest BCUT2D eigenvalue weighted by Gasteiger charge is 2.33. The summed E-state index contributed by atoms with van der Waals surface area (Å²) in [6.45, 7) is 3.49. The minimum atomic E-state index is -3.60. The molecule has 1 aromatic carbocycles. The van der Waals surface area contributed by atoms with Gasteiger partial charge in [-0.3, -0.25) is 14.5 Å². The highest BCUT2D eigenvalue weighted by atomic mass is 32.2. The van der Waals surface area contributed by atoms with Gasteiger partial charge in [-0.05, 0) is 38.4 Å². The fraction of sp³-hybridized carbons (Fsp3) is 0.579. The Labute approximate surface area is 161 Å². The van der Waals surface area contributed by atoms with Gasteiger partial charge < -0.3 is 10.2 Å². The molecule has 0 aromatic heterocycles. The van der Waals surface area contributed by atoms with E-state index in [9.17, 15) is 13.2 Å². The molecule has 2 aliphatic rings. The van der Waals surface area contributed by atoms with E-state index in [4.69, 9.17) is 0 Å². The van der Waals surface area contributed by atoms with Gasteiger partial charge in [0.1, 0.15) is 11.9 Å². The maximum Gasteiger partial charge on any atom is 0.263 e. The molecule has 1 unspecified atom stereocenters. The van der Waals surface area contributed by atoms with Crippen molar-refractivity contribution in [2.24, 2.45) is 4.99 Å². The Hall–Kier alpha value is -1.93. The van der Waals surface area contributed by atoms with Crippen LogP contribution in [0.15, 0.2) is 34.2 Å². The normalized spacial score (nSPS) is 21.7. The third-order valence-electron chi connectivity index (χ3n) is 5.28. The molecule has 2 aliphatic heterocycles. The zero-order chi connectivity index (χ0) is 19.4. The number of amidine groups is 1. The van der Waals surface area contributed by atoms with E-state index >= 15 is 0 Å². The number of aliphatic imine (C=N–C) groups is 1. The van der Waals surface area contributed by atoms with Crippen molar-refractivity contribution in [3.05, 3.63) is 29.8 Å². The number of nitrogens with zero attached hydrogens (tertiary/aromatic N) is 2. The second-order valence-corrected chi connectivity index (χ2v) is 8.78. The van der Waals surface area contributed by atoms with Gasteiger partial charge in [-0.25, -0.2) is 8.42 Å². The Morgan fingerprint density at radius 2 is 2.04 bits per heavy atom. The molecule has 27 heavy (non-hydrogen) atoms. The van der Waals surface area contributed by atoms with Gasteiger partial charge in [0.2, 0.25) is 5.91 Å². The number of carbonyl (C=O) groups excluding carboxylic acids is 1. The van der Waals surface area contributed by atoms with E-state index in [-0.39, 0.29) is 16.6 Å².